The van der Waals surface area contributed by atoms with Crippen LogP contribution in [0.5, 0.6) is 0 Å². The number of pyridine rings is 1. The summed E-state index contributed by atoms with van der Waals surface area (Å²) in [4.78, 5) is 33.1. The van der Waals surface area contributed by atoms with Crippen molar-refractivity contribution in [3.63, 3.8) is 0 Å². The number of nitrogens with zero attached hydrogens (tertiary/aromatic N) is 4. The molecule has 1 aliphatic heterocycles. The Morgan fingerprint density at radius 3 is 2.50 bits per heavy atom. The number of hydrogen-bond acceptors (Lipinski definition) is 4. The van der Waals surface area contributed by atoms with Gasteiger partial charge >= 0.3 is 5.69 Å². The second-order valence-electron chi connectivity index (χ2n) is 11.0. The van der Waals surface area contributed by atoms with Crippen molar-refractivity contribution >= 4 is 28.6 Å². The molecule has 1 N–H and O–H groups in total. The van der Waals surface area contributed by atoms with E-state index in [-0.39, 0.29) is 23.1 Å². The zero-order valence-corrected chi connectivity index (χ0v) is 21.6. The predicted molar refractivity (Wildman–Crippen MR) is 144 cm³/mol. The van der Waals surface area contributed by atoms with Gasteiger partial charge in [0.15, 0.2) is 5.65 Å². The molecular weight excluding hydrogens is 450 g/mol. The molecule has 0 saturated carbocycles. The second kappa shape index (κ2) is 8.97. The molecule has 1 atom stereocenters. The molecule has 7 nitrogen and oxygen atoms in total. The minimum Gasteiger partial charge on any atom is -0.347 e. The Balaban J connectivity index is 1.50. The first-order chi connectivity index (χ1) is 17.1. The van der Waals surface area contributed by atoms with Crippen LogP contribution < -0.4 is 15.9 Å². The average Bonchev–Trinajstić information content (AvgIpc) is 3.07. The third-order valence-corrected chi connectivity index (χ3v) is 6.68. The highest BCUT2D eigenvalue weighted by molar-refractivity contribution is 5.94. The largest absolute Gasteiger partial charge is 0.347 e. The summed E-state index contributed by atoms with van der Waals surface area (Å²) >= 11 is 0. The van der Waals surface area contributed by atoms with Crippen LogP contribution in [-0.4, -0.2) is 32.6 Å². The first-order valence-corrected chi connectivity index (χ1v) is 12.4. The van der Waals surface area contributed by atoms with Gasteiger partial charge in [-0.05, 0) is 54.7 Å². The van der Waals surface area contributed by atoms with E-state index in [1.165, 1.54) is 0 Å². The lowest BCUT2D eigenvalue weighted by atomic mass is 9.97. The number of nitrogens with one attached hydrogen (secondary N) is 1. The Morgan fingerprint density at radius 1 is 1.06 bits per heavy atom. The molecular formula is C29H33N5O2. The average molecular weight is 484 g/mol. The lowest BCUT2D eigenvalue weighted by molar-refractivity contribution is 0.0937. The molecule has 2 aromatic heterocycles. The normalized spacial score (nSPS) is 15.7. The molecule has 1 amide bonds. The minimum atomic E-state index is -0.0829. The number of fused-ring (bicyclic) bond motifs is 2. The summed E-state index contributed by atoms with van der Waals surface area (Å²) in [6, 6.07) is 19.7. The molecule has 0 fully saturated rings. The van der Waals surface area contributed by atoms with E-state index in [9.17, 15) is 9.59 Å². The maximum Gasteiger partial charge on any atom is 0.330 e. The van der Waals surface area contributed by atoms with E-state index in [4.69, 9.17) is 4.98 Å². The topological polar surface area (TPSA) is 72.2 Å². The number of aromatic nitrogens is 3. The van der Waals surface area contributed by atoms with E-state index < -0.39 is 0 Å². The number of rotatable bonds is 4. The van der Waals surface area contributed by atoms with Crippen molar-refractivity contribution < 1.29 is 4.79 Å². The fraction of sp³-hybridized carbons (Fsp3) is 0.345. The Labute approximate surface area is 211 Å². The van der Waals surface area contributed by atoms with E-state index in [1.807, 2.05) is 55.5 Å². The van der Waals surface area contributed by atoms with E-state index in [0.29, 0.717) is 24.3 Å². The summed E-state index contributed by atoms with van der Waals surface area (Å²) < 4.78 is 3.43. The van der Waals surface area contributed by atoms with E-state index in [1.54, 1.807) is 16.2 Å². The monoisotopic (exact) mass is 483 g/mol. The fourth-order valence-corrected chi connectivity index (χ4v) is 4.92. The standard InChI is InChI=1S/C29H33N5O2/c1-19-10-12-20(13-11-19)27(35)30-22-16-21-8-6-7-9-23(21)33(17-22)25-15-14-24-26(31-25)32(5)28(36)34(24)18-29(2,3)4/h6-15,22H,16-18H2,1-5H3,(H,30,35). The van der Waals surface area contributed by atoms with Crippen LogP contribution >= 0.6 is 0 Å². The summed E-state index contributed by atoms with van der Waals surface area (Å²) in [5, 5.41) is 3.22. The zero-order chi connectivity index (χ0) is 25.6. The van der Waals surface area contributed by atoms with Crippen LogP contribution in [0.4, 0.5) is 11.5 Å². The molecule has 2 aromatic carbocycles. The molecule has 5 rings (SSSR count). The molecule has 0 spiro atoms. The van der Waals surface area contributed by atoms with Gasteiger partial charge in [0.2, 0.25) is 0 Å². The minimum absolute atomic E-state index is 0.0362. The number of hydrogen-bond donors (Lipinski definition) is 1. The van der Waals surface area contributed by atoms with Gasteiger partial charge in [0, 0.05) is 31.4 Å². The molecule has 4 aromatic rings. The number of anilines is 2. The van der Waals surface area contributed by atoms with E-state index in [0.717, 1.165) is 34.6 Å². The van der Waals surface area contributed by atoms with Crippen LogP contribution in [0.1, 0.15) is 42.3 Å². The van der Waals surface area contributed by atoms with Crippen LogP contribution in [0.15, 0.2) is 65.5 Å². The summed E-state index contributed by atoms with van der Waals surface area (Å²) in [6.07, 6.45) is 0.743. The van der Waals surface area contributed by atoms with Gasteiger partial charge in [0.25, 0.3) is 5.91 Å². The highest BCUT2D eigenvalue weighted by Crippen LogP contribution is 2.33. The fourth-order valence-electron chi connectivity index (χ4n) is 4.92. The third kappa shape index (κ3) is 4.53. The maximum atomic E-state index is 13.0. The van der Waals surface area contributed by atoms with Crippen LogP contribution in [0.25, 0.3) is 11.2 Å². The van der Waals surface area contributed by atoms with Crippen molar-refractivity contribution in [3.05, 3.63) is 87.8 Å². The van der Waals surface area contributed by atoms with Gasteiger partial charge in [-0.2, -0.15) is 0 Å². The van der Waals surface area contributed by atoms with Crippen molar-refractivity contribution in [2.45, 2.75) is 46.7 Å². The van der Waals surface area contributed by atoms with Gasteiger partial charge in [-0.1, -0.05) is 56.7 Å². The Hall–Kier alpha value is -3.87. The van der Waals surface area contributed by atoms with Gasteiger partial charge in [-0.25, -0.2) is 9.78 Å². The molecule has 3 heterocycles. The van der Waals surface area contributed by atoms with Crippen molar-refractivity contribution in [2.24, 2.45) is 12.5 Å². The number of aryl methyl sites for hydroxylation is 2. The van der Waals surface area contributed by atoms with Crippen LogP contribution in [0.2, 0.25) is 0 Å². The number of amides is 1. The first-order valence-electron chi connectivity index (χ1n) is 12.4. The second-order valence-corrected chi connectivity index (χ2v) is 11.0. The lowest BCUT2D eigenvalue weighted by Gasteiger charge is -2.35. The first kappa shape index (κ1) is 23.9. The SMILES string of the molecule is Cc1ccc(C(=O)NC2Cc3ccccc3N(c3ccc4c(n3)n(C)c(=O)n4CC(C)(C)C)C2)cc1. The molecule has 36 heavy (non-hydrogen) atoms. The summed E-state index contributed by atoms with van der Waals surface area (Å²) in [5.74, 6) is 0.678. The molecule has 7 heteroatoms. The van der Waals surface area contributed by atoms with E-state index in [2.05, 4.69) is 43.1 Å². The smallest absolute Gasteiger partial charge is 0.330 e. The Morgan fingerprint density at radius 2 is 1.78 bits per heavy atom. The number of para-hydroxylation sites is 1. The Kier molecular flexibility index (Phi) is 5.94. The predicted octanol–water partition coefficient (Wildman–Crippen LogP) is 4.58. The molecule has 186 valence electrons. The van der Waals surface area contributed by atoms with Gasteiger partial charge in [0.05, 0.1) is 11.6 Å². The number of imidazole rings is 1. The van der Waals surface area contributed by atoms with Crippen molar-refractivity contribution in [1.82, 2.24) is 19.4 Å². The lowest BCUT2D eigenvalue weighted by Crippen LogP contribution is -2.47. The van der Waals surface area contributed by atoms with E-state index >= 15 is 0 Å². The highest BCUT2D eigenvalue weighted by Gasteiger charge is 2.28. The summed E-state index contributed by atoms with van der Waals surface area (Å²) in [7, 11) is 1.77. The molecule has 0 aliphatic carbocycles. The molecule has 1 aliphatic rings. The van der Waals surface area contributed by atoms with Crippen molar-refractivity contribution in [2.75, 3.05) is 11.4 Å². The van der Waals surface area contributed by atoms with Gasteiger partial charge in [-0.3, -0.25) is 13.9 Å². The van der Waals surface area contributed by atoms with Crippen molar-refractivity contribution in [1.29, 1.82) is 0 Å². The number of carbonyl (C=O) groups is 1. The van der Waals surface area contributed by atoms with Gasteiger partial charge < -0.3 is 10.2 Å². The quantitative estimate of drug-likeness (QED) is 0.461. The molecule has 0 bridgehead atoms. The van der Waals surface area contributed by atoms with Crippen molar-refractivity contribution in [3.8, 4) is 0 Å². The number of carbonyl (C=O) groups excluding carboxylic acids is 1. The third-order valence-electron chi connectivity index (χ3n) is 6.68. The number of benzene rings is 2. The maximum absolute atomic E-state index is 13.0. The summed E-state index contributed by atoms with van der Waals surface area (Å²) in [6.45, 7) is 9.57. The molecule has 1 unspecified atom stereocenters. The highest BCUT2D eigenvalue weighted by atomic mass is 16.2. The molecule has 0 radical (unpaired) electrons. The zero-order valence-electron chi connectivity index (χ0n) is 21.6. The van der Waals surface area contributed by atoms with Crippen LogP contribution in [0, 0.1) is 12.3 Å². The van der Waals surface area contributed by atoms with Gasteiger partial charge in [-0.15, -0.1) is 0 Å². The summed E-state index contributed by atoms with van der Waals surface area (Å²) in [5.41, 5.74) is 5.39. The Bertz CT molecular complexity index is 1490. The van der Waals surface area contributed by atoms with Gasteiger partial charge in [0.1, 0.15) is 5.82 Å². The van der Waals surface area contributed by atoms with Crippen LogP contribution in [0.3, 0.4) is 0 Å². The molecule has 0 saturated heterocycles. The van der Waals surface area contributed by atoms with Crippen LogP contribution in [-0.2, 0) is 20.0 Å².